The first-order chi connectivity index (χ1) is 12.4. The maximum atomic E-state index is 12.8. The molecule has 148 valence electrons. The number of aliphatic hydroxyl groups is 1. The number of nitrogens with zero attached hydrogens (tertiary/aromatic N) is 1. The van der Waals surface area contributed by atoms with Crippen LogP contribution in [0.25, 0.3) is 0 Å². The van der Waals surface area contributed by atoms with E-state index in [1.165, 1.54) is 17.0 Å². The highest BCUT2D eigenvalue weighted by atomic mass is 35.5. The molecule has 0 amide bonds. The Morgan fingerprint density at radius 2 is 1.44 bits per heavy atom. The molecule has 2 aromatic carbocycles. The fraction of sp³-hybridized carbons (Fsp3) is 0.333. The topological polar surface area (TPSA) is 23.5 Å². The van der Waals surface area contributed by atoms with E-state index >= 15 is 0 Å². The van der Waals surface area contributed by atoms with Crippen LogP contribution < -0.4 is 0 Å². The molecule has 1 atom stereocenters. The molecule has 1 N–H and O–H groups in total. The average Bonchev–Trinajstić information content (AvgIpc) is 2.53. The molecule has 1 unspecified atom stereocenters. The van der Waals surface area contributed by atoms with Gasteiger partial charge in [0.05, 0.1) is 5.56 Å². The second-order valence-electron chi connectivity index (χ2n) is 6.06. The molecule has 0 aliphatic rings. The summed E-state index contributed by atoms with van der Waals surface area (Å²) in [6, 6.07) is 10.7. The van der Waals surface area contributed by atoms with Crippen molar-refractivity contribution in [3.8, 4) is 0 Å². The number of rotatable bonds is 6. The van der Waals surface area contributed by atoms with Crippen molar-refractivity contribution < 1.29 is 31.4 Å². The highest BCUT2D eigenvalue weighted by Crippen LogP contribution is 2.30. The Balaban J connectivity index is 2.24. The van der Waals surface area contributed by atoms with Crippen LogP contribution in [0.3, 0.4) is 0 Å². The van der Waals surface area contributed by atoms with Crippen molar-refractivity contribution >= 4 is 11.6 Å². The van der Waals surface area contributed by atoms with Crippen LogP contribution in [0.5, 0.6) is 0 Å². The van der Waals surface area contributed by atoms with E-state index in [-0.39, 0.29) is 18.7 Å². The van der Waals surface area contributed by atoms with Gasteiger partial charge in [0.15, 0.2) is 6.10 Å². The summed E-state index contributed by atoms with van der Waals surface area (Å²) in [5.74, 6) is 0. The van der Waals surface area contributed by atoms with Crippen LogP contribution in [0.2, 0.25) is 5.02 Å². The summed E-state index contributed by atoms with van der Waals surface area (Å²) < 4.78 is 76.7. The first-order valence-electron chi connectivity index (χ1n) is 7.83. The molecule has 2 rings (SSSR count). The maximum Gasteiger partial charge on any atom is 0.416 e. The van der Waals surface area contributed by atoms with Crippen LogP contribution in [0, 0.1) is 0 Å². The van der Waals surface area contributed by atoms with E-state index in [0.717, 1.165) is 12.1 Å². The van der Waals surface area contributed by atoms with Crippen LogP contribution in [0.15, 0.2) is 48.5 Å². The zero-order valence-corrected chi connectivity index (χ0v) is 14.6. The van der Waals surface area contributed by atoms with E-state index in [0.29, 0.717) is 10.6 Å². The molecule has 9 heteroatoms. The number of benzene rings is 2. The van der Waals surface area contributed by atoms with Crippen LogP contribution in [0.4, 0.5) is 26.3 Å². The SMILES string of the molecule is OC(CN(Cc1cccc(Cl)c1)Cc1cccc(C(F)(F)F)c1)C(F)(F)F. The number of alkyl halides is 6. The second-order valence-corrected chi connectivity index (χ2v) is 6.49. The summed E-state index contributed by atoms with van der Waals surface area (Å²) in [4.78, 5) is 1.22. The minimum absolute atomic E-state index is 0.0239. The Hall–Kier alpha value is -1.77. The zero-order chi connectivity index (χ0) is 20.2. The fourth-order valence-electron chi connectivity index (χ4n) is 2.53. The fourth-order valence-corrected chi connectivity index (χ4v) is 2.74. The predicted octanol–water partition coefficient (Wildman–Crippen LogP) is 5.28. The number of halogens is 7. The van der Waals surface area contributed by atoms with Gasteiger partial charge in [0.25, 0.3) is 0 Å². The van der Waals surface area contributed by atoms with Gasteiger partial charge in [0.2, 0.25) is 0 Å². The lowest BCUT2D eigenvalue weighted by Gasteiger charge is -2.26. The van der Waals surface area contributed by atoms with Gasteiger partial charge in [-0.15, -0.1) is 0 Å². The van der Waals surface area contributed by atoms with Crippen molar-refractivity contribution in [1.29, 1.82) is 0 Å². The Kier molecular flexibility index (Phi) is 6.77. The molecule has 0 aliphatic carbocycles. The molecule has 0 fully saturated rings. The highest BCUT2D eigenvalue weighted by molar-refractivity contribution is 6.30. The molecule has 27 heavy (non-hydrogen) atoms. The van der Waals surface area contributed by atoms with Crippen molar-refractivity contribution in [3.05, 3.63) is 70.2 Å². The van der Waals surface area contributed by atoms with Crippen molar-refractivity contribution in [2.45, 2.75) is 31.5 Å². The molecule has 0 heterocycles. The van der Waals surface area contributed by atoms with E-state index in [2.05, 4.69) is 0 Å². The van der Waals surface area contributed by atoms with E-state index < -0.39 is 30.6 Å². The van der Waals surface area contributed by atoms with Crippen LogP contribution in [-0.2, 0) is 19.3 Å². The summed E-state index contributed by atoms with van der Waals surface area (Å²) in [5, 5.41) is 9.76. The highest BCUT2D eigenvalue weighted by Gasteiger charge is 2.39. The van der Waals surface area contributed by atoms with Gasteiger partial charge in [-0.25, -0.2) is 0 Å². The van der Waals surface area contributed by atoms with Gasteiger partial charge in [-0.2, -0.15) is 26.3 Å². The monoisotopic (exact) mass is 411 g/mol. The summed E-state index contributed by atoms with van der Waals surface area (Å²) in [5.41, 5.74) is -0.135. The maximum absolute atomic E-state index is 12.8. The number of aliphatic hydroxyl groups excluding tert-OH is 1. The number of hydrogen-bond donors (Lipinski definition) is 1. The Morgan fingerprint density at radius 1 is 0.889 bits per heavy atom. The molecule has 0 saturated carbocycles. The first-order valence-corrected chi connectivity index (χ1v) is 8.20. The molecule has 0 radical (unpaired) electrons. The molecule has 2 aromatic rings. The summed E-state index contributed by atoms with van der Waals surface area (Å²) in [6.45, 7) is -1.01. The van der Waals surface area contributed by atoms with Gasteiger partial charge >= 0.3 is 12.4 Å². The first kappa shape index (κ1) is 21.5. The lowest BCUT2D eigenvalue weighted by molar-refractivity contribution is -0.208. The molecule has 0 aromatic heterocycles. The Bertz CT molecular complexity index is 762. The number of hydrogen-bond acceptors (Lipinski definition) is 2. The van der Waals surface area contributed by atoms with E-state index in [1.807, 2.05) is 0 Å². The summed E-state index contributed by atoms with van der Waals surface area (Å²) in [6.07, 6.45) is -12.0. The zero-order valence-electron chi connectivity index (χ0n) is 13.9. The van der Waals surface area contributed by atoms with E-state index in [1.54, 1.807) is 24.3 Å². The molecular formula is C18H16ClF6NO. The average molecular weight is 412 g/mol. The summed E-state index contributed by atoms with van der Waals surface area (Å²) >= 11 is 5.86. The minimum atomic E-state index is -4.83. The molecular weight excluding hydrogens is 396 g/mol. The largest absolute Gasteiger partial charge is 0.416 e. The third-order valence-corrected chi connectivity index (χ3v) is 4.00. The van der Waals surface area contributed by atoms with Crippen molar-refractivity contribution in [3.63, 3.8) is 0 Å². The van der Waals surface area contributed by atoms with E-state index in [9.17, 15) is 31.4 Å². The van der Waals surface area contributed by atoms with Crippen LogP contribution >= 0.6 is 11.6 Å². The van der Waals surface area contributed by atoms with Crippen LogP contribution in [-0.4, -0.2) is 28.8 Å². The predicted molar refractivity (Wildman–Crippen MR) is 89.1 cm³/mol. The van der Waals surface area contributed by atoms with Crippen LogP contribution in [0.1, 0.15) is 16.7 Å². The van der Waals surface area contributed by atoms with Gasteiger partial charge in [-0.3, -0.25) is 4.90 Å². The van der Waals surface area contributed by atoms with Gasteiger partial charge in [0, 0.05) is 24.7 Å². The van der Waals surface area contributed by atoms with Crippen molar-refractivity contribution in [1.82, 2.24) is 4.90 Å². The molecule has 0 spiro atoms. The van der Waals surface area contributed by atoms with Crippen molar-refractivity contribution in [2.24, 2.45) is 0 Å². The van der Waals surface area contributed by atoms with Gasteiger partial charge in [0.1, 0.15) is 0 Å². The lowest BCUT2D eigenvalue weighted by Crippen LogP contribution is -2.40. The molecule has 0 aliphatic heterocycles. The standard InChI is InChI=1S/C18H16ClF6NO/c19-15-6-2-4-13(8-15)10-26(11-16(27)18(23,24)25)9-12-3-1-5-14(7-12)17(20,21)22/h1-8,16,27H,9-11H2. The minimum Gasteiger partial charge on any atom is -0.382 e. The smallest absolute Gasteiger partial charge is 0.382 e. The molecule has 2 nitrogen and oxygen atoms in total. The third-order valence-electron chi connectivity index (χ3n) is 3.76. The quantitative estimate of drug-likeness (QED) is 0.653. The molecule has 0 bridgehead atoms. The van der Waals surface area contributed by atoms with Crippen molar-refractivity contribution in [2.75, 3.05) is 6.54 Å². The van der Waals surface area contributed by atoms with Gasteiger partial charge in [-0.1, -0.05) is 41.9 Å². The Labute approximate surface area is 157 Å². The lowest BCUT2D eigenvalue weighted by atomic mass is 10.1. The normalized spacial score (nSPS) is 13.8. The summed E-state index contributed by atoms with van der Waals surface area (Å²) in [7, 11) is 0. The molecule has 0 saturated heterocycles. The van der Waals surface area contributed by atoms with Gasteiger partial charge < -0.3 is 5.11 Å². The second kappa shape index (κ2) is 8.50. The Morgan fingerprint density at radius 3 is 1.96 bits per heavy atom. The van der Waals surface area contributed by atoms with E-state index in [4.69, 9.17) is 11.6 Å². The third kappa shape index (κ3) is 6.71. The van der Waals surface area contributed by atoms with Gasteiger partial charge in [-0.05, 0) is 29.3 Å².